The minimum atomic E-state index is -0.831. The first-order valence-corrected chi connectivity index (χ1v) is 8.66. The van der Waals surface area contributed by atoms with Crippen molar-refractivity contribution >= 4 is 23.4 Å². The molecule has 116 valence electrons. The van der Waals surface area contributed by atoms with Crippen LogP contribution in [-0.4, -0.2) is 55.0 Å². The van der Waals surface area contributed by atoms with Crippen molar-refractivity contribution in [1.82, 2.24) is 4.90 Å². The number of nitrogens with zero attached hydrogens (tertiary/aromatic N) is 2. The van der Waals surface area contributed by atoms with Crippen LogP contribution in [-0.2, 0) is 0 Å². The Morgan fingerprint density at radius 2 is 2.19 bits per heavy atom. The molecule has 0 saturated carbocycles. The van der Waals surface area contributed by atoms with Crippen molar-refractivity contribution in [3.63, 3.8) is 0 Å². The predicted octanol–water partition coefficient (Wildman–Crippen LogP) is 3.03. The molecule has 4 nitrogen and oxygen atoms in total. The standard InChI is InChI=1S/C16H24N2O2S/c1-4-12-11-17(2)9-6-10-18(12)13-7-5-8-14(21-3)15(13)16(19)20/h5,7-8,12H,4,6,9-11H2,1-3H3,(H,19,20). The lowest BCUT2D eigenvalue weighted by molar-refractivity contribution is 0.0693. The number of carboxylic acid groups (broad SMARTS) is 1. The number of likely N-dealkylation sites (N-methyl/N-ethyl adjacent to an activating group) is 1. The van der Waals surface area contributed by atoms with Gasteiger partial charge in [-0.05, 0) is 44.8 Å². The summed E-state index contributed by atoms with van der Waals surface area (Å²) in [6.45, 7) is 5.15. The van der Waals surface area contributed by atoms with E-state index in [4.69, 9.17) is 0 Å². The molecule has 1 aliphatic rings. The maximum atomic E-state index is 11.7. The highest BCUT2D eigenvalue weighted by Gasteiger charge is 2.26. The molecule has 2 rings (SSSR count). The summed E-state index contributed by atoms with van der Waals surface area (Å²) in [5.74, 6) is -0.831. The van der Waals surface area contributed by atoms with Crippen molar-refractivity contribution in [1.29, 1.82) is 0 Å². The zero-order valence-electron chi connectivity index (χ0n) is 13.0. The van der Waals surface area contributed by atoms with E-state index in [-0.39, 0.29) is 0 Å². The van der Waals surface area contributed by atoms with Gasteiger partial charge in [0.2, 0.25) is 0 Å². The number of carbonyl (C=O) groups is 1. The number of rotatable bonds is 4. The van der Waals surface area contributed by atoms with Gasteiger partial charge in [-0.2, -0.15) is 0 Å². The van der Waals surface area contributed by atoms with Crippen LogP contribution in [0.2, 0.25) is 0 Å². The molecule has 1 aromatic rings. The van der Waals surface area contributed by atoms with Gasteiger partial charge in [-0.1, -0.05) is 13.0 Å². The molecule has 0 aliphatic carbocycles. The maximum absolute atomic E-state index is 11.7. The van der Waals surface area contributed by atoms with E-state index >= 15 is 0 Å². The average Bonchev–Trinajstić information content (AvgIpc) is 2.67. The molecule has 1 fully saturated rings. The summed E-state index contributed by atoms with van der Waals surface area (Å²) < 4.78 is 0. The van der Waals surface area contributed by atoms with Crippen molar-refractivity contribution in [2.24, 2.45) is 0 Å². The Hall–Kier alpha value is -1.20. The molecule has 0 amide bonds. The lowest BCUT2D eigenvalue weighted by atomic mass is 10.1. The van der Waals surface area contributed by atoms with Crippen molar-refractivity contribution < 1.29 is 9.90 Å². The molecule has 0 spiro atoms. The van der Waals surface area contributed by atoms with Gasteiger partial charge in [0.15, 0.2) is 0 Å². The van der Waals surface area contributed by atoms with Gasteiger partial charge in [0.25, 0.3) is 0 Å². The van der Waals surface area contributed by atoms with Gasteiger partial charge >= 0.3 is 5.97 Å². The first-order valence-electron chi connectivity index (χ1n) is 7.44. The van der Waals surface area contributed by atoms with E-state index in [1.54, 1.807) is 0 Å². The van der Waals surface area contributed by atoms with Crippen LogP contribution in [0.5, 0.6) is 0 Å². The molecule has 1 heterocycles. The molecule has 0 bridgehead atoms. The van der Waals surface area contributed by atoms with Crippen LogP contribution in [0.3, 0.4) is 0 Å². The Morgan fingerprint density at radius 1 is 1.43 bits per heavy atom. The number of benzene rings is 1. The minimum Gasteiger partial charge on any atom is -0.478 e. The summed E-state index contributed by atoms with van der Waals surface area (Å²) in [5.41, 5.74) is 1.32. The van der Waals surface area contributed by atoms with E-state index in [1.165, 1.54) is 11.8 Å². The fourth-order valence-electron chi connectivity index (χ4n) is 3.05. The molecular weight excluding hydrogens is 284 g/mol. The molecule has 5 heteroatoms. The number of anilines is 1. The van der Waals surface area contributed by atoms with Gasteiger partial charge in [-0.3, -0.25) is 0 Å². The highest BCUT2D eigenvalue weighted by atomic mass is 32.2. The van der Waals surface area contributed by atoms with Crippen molar-refractivity contribution in [2.45, 2.75) is 30.7 Å². The summed E-state index contributed by atoms with van der Waals surface area (Å²) in [6, 6.07) is 6.18. The fourth-order valence-corrected chi connectivity index (χ4v) is 3.66. The summed E-state index contributed by atoms with van der Waals surface area (Å²) in [6.07, 6.45) is 4.02. The topological polar surface area (TPSA) is 43.8 Å². The fraction of sp³-hybridized carbons (Fsp3) is 0.562. The number of hydrogen-bond acceptors (Lipinski definition) is 4. The van der Waals surface area contributed by atoms with Crippen LogP contribution in [0.1, 0.15) is 30.1 Å². The van der Waals surface area contributed by atoms with E-state index in [0.29, 0.717) is 11.6 Å². The Kier molecular flexibility index (Phi) is 5.53. The van der Waals surface area contributed by atoms with E-state index in [2.05, 4.69) is 23.8 Å². The molecule has 1 aliphatic heterocycles. The van der Waals surface area contributed by atoms with E-state index in [0.717, 1.165) is 43.1 Å². The Labute approximate surface area is 131 Å². The SMILES string of the molecule is CCC1CN(C)CCCN1c1cccc(SC)c1C(=O)O. The molecule has 0 radical (unpaired) electrons. The van der Waals surface area contributed by atoms with Crippen LogP contribution in [0.4, 0.5) is 5.69 Å². The third-order valence-electron chi connectivity index (χ3n) is 4.12. The molecule has 1 atom stereocenters. The number of aromatic carboxylic acids is 1. The second-order valence-corrected chi connectivity index (χ2v) is 6.38. The van der Waals surface area contributed by atoms with Crippen molar-refractivity contribution in [2.75, 3.05) is 37.8 Å². The molecular formula is C16H24N2O2S. The molecule has 1 aromatic carbocycles. The second kappa shape index (κ2) is 7.18. The maximum Gasteiger partial charge on any atom is 0.338 e. The highest BCUT2D eigenvalue weighted by molar-refractivity contribution is 7.98. The molecule has 1 N–H and O–H groups in total. The van der Waals surface area contributed by atoms with Gasteiger partial charge in [-0.15, -0.1) is 11.8 Å². The second-order valence-electron chi connectivity index (χ2n) is 5.53. The largest absolute Gasteiger partial charge is 0.478 e. The Morgan fingerprint density at radius 3 is 2.81 bits per heavy atom. The van der Waals surface area contributed by atoms with Gasteiger partial charge in [-0.25, -0.2) is 4.79 Å². The highest BCUT2D eigenvalue weighted by Crippen LogP contribution is 2.32. The van der Waals surface area contributed by atoms with Gasteiger partial charge in [0, 0.05) is 24.0 Å². The zero-order valence-corrected chi connectivity index (χ0v) is 13.8. The van der Waals surface area contributed by atoms with E-state index in [9.17, 15) is 9.90 Å². The van der Waals surface area contributed by atoms with E-state index in [1.807, 2.05) is 24.5 Å². The van der Waals surface area contributed by atoms with E-state index < -0.39 is 5.97 Å². The third-order valence-corrected chi connectivity index (χ3v) is 4.90. The van der Waals surface area contributed by atoms with Crippen LogP contribution in [0.25, 0.3) is 0 Å². The minimum absolute atomic E-state index is 0.368. The lowest BCUT2D eigenvalue weighted by Gasteiger charge is -2.33. The predicted molar refractivity (Wildman–Crippen MR) is 88.7 cm³/mol. The zero-order chi connectivity index (χ0) is 15.4. The summed E-state index contributed by atoms with van der Waals surface area (Å²) >= 11 is 1.50. The number of thioether (sulfide) groups is 1. The van der Waals surface area contributed by atoms with Crippen molar-refractivity contribution in [3.05, 3.63) is 23.8 Å². The number of carboxylic acids is 1. The Bertz CT molecular complexity index is 507. The molecule has 21 heavy (non-hydrogen) atoms. The summed E-state index contributed by atoms with van der Waals surface area (Å²) in [7, 11) is 2.14. The molecule has 1 saturated heterocycles. The quantitative estimate of drug-likeness (QED) is 0.866. The van der Waals surface area contributed by atoms with Crippen LogP contribution in [0.15, 0.2) is 23.1 Å². The Balaban J connectivity index is 2.45. The normalized spacial score (nSPS) is 20.3. The summed E-state index contributed by atoms with van der Waals surface area (Å²) in [5, 5.41) is 9.64. The summed E-state index contributed by atoms with van der Waals surface area (Å²) in [4.78, 5) is 17.2. The first-order chi connectivity index (χ1) is 10.1. The van der Waals surface area contributed by atoms with Crippen LogP contribution < -0.4 is 4.90 Å². The van der Waals surface area contributed by atoms with Gasteiger partial charge in [0.1, 0.15) is 0 Å². The first kappa shape index (κ1) is 16.2. The van der Waals surface area contributed by atoms with Crippen molar-refractivity contribution in [3.8, 4) is 0 Å². The third kappa shape index (κ3) is 3.52. The van der Waals surface area contributed by atoms with Gasteiger partial charge < -0.3 is 14.9 Å². The monoisotopic (exact) mass is 308 g/mol. The van der Waals surface area contributed by atoms with Gasteiger partial charge in [0.05, 0.1) is 11.3 Å². The average molecular weight is 308 g/mol. The lowest BCUT2D eigenvalue weighted by Crippen LogP contribution is -2.40. The van der Waals surface area contributed by atoms with Crippen LogP contribution >= 0.6 is 11.8 Å². The van der Waals surface area contributed by atoms with Crippen LogP contribution in [0, 0.1) is 0 Å². The molecule has 1 unspecified atom stereocenters. The number of hydrogen-bond donors (Lipinski definition) is 1. The molecule has 0 aromatic heterocycles. The smallest absolute Gasteiger partial charge is 0.338 e.